The fourth-order valence-electron chi connectivity index (χ4n) is 2.03. The van der Waals surface area contributed by atoms with Gasteiger partial charge in [-0.25, -0.2) is 4.98 Å². The Balaban J connectivity index is 1.80. The Kier molecular flexibility index (Phi) is 3.93. The molecule has 22 heavy (non-hydrogen) atoms. The number of rotatable bonds is 4. The summed E-state index contributed by atoms with van der Waals surface area (Å²) in [4.78, 5) is 17.4. The van der Waals surface area contributed by atoms with Crippen LogP contribution in [0.1, 0.15) is 15.4 Å². The van der Waals surface area contributed by atoms with Gasteiger partial charge in [-0.1, -0.05) is 11.3 Å². The Morgan fingerprint density at radius 3 is 2.55 bits per heavy atom. The predicted molar refractivity (Wildman–Crippen MR) is 87.1 cm³/mol. The third kappa shape index (κ3) is 2.87. The zero-order chi connectivity index (χ0) is 15.5. The largest absolute Gasteiger partial charge is 0.497 e. The molecule has 0 saturated heterocycles. The standard InChI is InChI=1S/C16H15N3O2S/c1-11-14(22-16(17-11)19-9-3-4-10-19)15(20)18-12-5-7-13(21-2)8-6-12/h3-10H,1-2H3,(H,18,20). The summed E-state index contributed by atoms with van der Waals surface area (Å²) in [6.45, 7) is 1.84. The molecule has 0 radical (unpaired) electrons. The maximum absolute atomic E-state index is 12.4. The number of nitrogens with one attached hydrogen (secondary N) is 1. The first-order valence-corrected chi connectivity index (χ1v) is 7.55. The van der Waals surface area contributed by atoms with Crippen molar-refractivity contribution in [3.05, 3.63) is 59.4 Å². The minimum atomic E-state index is -0.154. The lowest BCUT2D eigenvalue weighted by Crippen LogP contribution is -2.11. The molecule has 3 rings (SSSR count). The number of hydrogen-bond donors (Lipinski definition) is 1. The monoisotopic (exact) mass is 313 g/mol. The Hall–Kier alpha value is -2.60. The third-order valence-corrected chi connectivity index (χ3v) is 4.33. The number of carbonyl (C=O) groups excluding carboxylic acids is 1. The predicted octanol–water partition coefficient (Wildman–Crippen LogP) is 3.50. The van der Waals surface area contributed by atoms with Gasteiger partial charge in [0.15, 0.2) is 5.13 Å². The molecule has 0 fully saturated rings. The quantitative estimate of drug-likeness (QED) is 0.802. The molecule has 2 aromatic heterocycles. The minimum absolute atomic E-state index is 0.154. The topological polar surface area (TPSA) is 56.1 Å². The van der Waals surface area contributed by atoms with Crippen LogP contribution in [0.4, 0.5) is 5.69 Å². The zero-order valence-electron chi connectivity index (χ0n) is 12.2. The van der Waals surface area contributed by atoms with E-state index in [1.54, 1.807) is 31.4 Å². The summed E-state index contributed by atoms with van der Waals surface area (Å²) in [5.74, 6) is 0.598. The summed E-state index contributed by atoms with van der Waals surface area (Å²) in [6.07, 6.45) is 3.81. The van der Waals surface area contributed by atoms with Gasteiger partial charge >= 0.3 is 0 Å². The summed E-state index contributed by atoms with van der Waals surface area (Å²) < 4.78 is 6.99. The van der Waals surface area contributed by atoms with Crippen molar-refractivity contribution in [2.24, 2.45) is 0 Å². The minimum Gasteiger partial charge on any atom is -0.497 e. The van der Waals surface area contributed by atoms with E-state index in [0.29, 0.717) is 4.88 Å². The Bertz CT molecular complexity index is 776. The molecule has 0 spiro atoms. The number of thiazole rings is 1. The maximum atomic E-state index is 12.4. The number of nitrogens with zero attached hydrogens (tertiary/aromatic N) is 2. The average molecular weight is 313 g/mol. The SMILES string of the molecule is COc1ccc(NC(=O)c2sc(-n3cccc3)nc2C)cc1. The summed E-state index contributed by atoms with van der Waals surface area (Å²) in [5.41, 5.74) is 1.45. The van der Waals surface area contributed by atoms with E-state index in [-0.39, 0.29) is 5.91 Å². The Morgan fingerprint density at radius 1 is 1.23 bits per heavy atom. The van der Waals surface area contributed by atoms with E-state index < -0.39 is 0 Å². The normalized spacial score (nSPS) is 10.5. The molecule has 5 nitrogen and oxygen atoms in total. The highest BCUT2D eigenvalue weighted by Gasteiger charge is 2.16. The second-order valence-corrected chi connectivity index (χ2v) is 5.66. The van der Waals surface area contributed by atoms with Crippen molar-refractivity contribution in [3.63, 3.8) is 0 Å². The van der Waals surface area contributed by atoms with Crippen molar-refractivity contribution in [2.75, 3.05) is 12.4 Å². The van der Waals surface area contributed by atoms with Crippen LogP contribution < -0.4 is 10.1 Å². The van der Waals surface area contributed by atoms with Gasteiger partial charge in [0, 0.05) is 18.1 Å². The van der Waals surface area contributed by atoms with Crippen LogP contribution in [-0.2, 0) is 0 Å². The molecule has 3 aromatic rings. The third-order valence-electron chi connectivity index (χ3n) is 3.16. The van der Waals surface area contributed by atoms with Crippen molar-refractivity contribution >= 4 is 22.9 Å². The first-order valence-electron chi connectivity index (χ1n) is 6.73. The Labute approximate surface area is 132 Å². The molecule has 0 aliphatic carbocycles. The summed E-state index contributed by atoms with van der Waals surface area (Å²) in [7, 11) is 1.61. The van der Waals surface area contributed by atoms with Gasteiger partial charge in [-0.3, -0.25) is 4.79 Å². The molecule has 1 N–H and O–H groups in total. The van der Waals surface area contributed by atoms with Gasteiger partial charge in [-0.15, -0.1) is 0 Å². The highest BCUT2D eigenvalue weighted by Crippen LogP contribution is 2.23. The van der Waals surface area contributed by atoms with Gasteiger partial charge in [0.1, 0.15) is 10.6 Å². The van der Waals surface area contributed by atoms with Gasteiger partial charge in [-0.2, -0.15) is 0 Å². The van der Waals surface area contributed by atoms with E-state index in [1.807, 2.05) is 36.0 Å². The van der Waals surface area contributed by atoms with E-state index in [2.05, 4.69) is 10.3 Å². The summed E-state index contributed by atoms with van der Waals surface area (Å²) >= 11 is 1.37. The van der Waals surface area contributed by atoms with Crippen LogP contribution in [0, 0.1) is 6.92 Å². The lowest BCUT2D eigenvalue weighted by Gasteiger charge is -2.05. The van der Waals surface area contributed by atoms with Crippen LogP contribution in [0.15, 0.2) is 48.8 Å². The number of anilines is 1. The number of ether oxygens (including phenoxy) is 1. The van der Waals surface area contributed by atoms with Crippen molar-refractivity contribution in [1.29, 1.82) is 0 Å². The van der Waals surface area contributed by atoms with Crippen molar-refractivity contribution in [2.45, 2.75) is 6.92 Å². The molecule has 112 valence electrons. The number of aromatic nitrogens is 2. The highest BCUT2D eigenvalue weighted by molar-refractivity contribution is 7.16. The Morgan fingerprint density at radius 2 is 1.91 bits per heavy atom. The lowest BCUT2D eigenvalue weighted by atomic mass is 10.3. The van der Waals surface area contributed by atoms with Crippen LogP contribution in [-0.4, -0.2) is 22.6 Å². The maximum Gasteiger partial charge on any atom is 0.267 e. The second kappa shape index (κ2) is 6.03. The molecule has 1 aromatic carbocycles. The summed E-state index contributed by atoms with van der Waals surface area (Å²) in [6, 6.07) is 11.1. The fraction of sp³-hybridized carbons (Fsp3) is 0.125. The van der Waals surface area contributed by atoms with Crippen molar-refractivity contribution in [1.82, 2.24) is 9.55 Å². The number of benzene rings is 1. The van der Waals surface area contributed by atoms with Crippen LogP contribution in [0.2, 0.25) is 0 Å². The van der Waals surface area contributed by atoms with Gasteiger partial charge in [0.2, 0.25) is 0 Å². The molecule has 0 aliphatic heterocycles. The highest BCUT2D eigenvalue weighted by atomic mass is 32.1. The number of hydrogen-bond acceptors (Lipinski definition) is 4. The molecular weight excluding hydrogens is 298 g/mol. The molecule has 0 aliphatic rings. The molecule has 1 amide bonds. The molecule has 0 atom stereocenters. The van der Waals surface area contributed by atoms with Crippen LogP contribution in [0.25, 0.3) is 5.13 Å². The van der Waals surface area contributed by atoms with Gasteiger partial charge in [0.05, 0.1) is 12.8 Å². The fourth-order valence-corrected chi connectivity index (χ4v) is 2.96. The number of methoxy groups -OCH3 is 1. The summed E-state index contributed by atoms with van der Waals surface area (Å²) in [5, 5.41) is 3.66. The average Bonchev–Trinajstić information content (AvgIpc) is 3.17. The number of aryl methyl sites for hydroxylation is 1. The van der Waals surface area contributed by atoms with Crippen molar-refractivity contribution in [3.8, 4) is 10.9 Å². The van der Waals surface area contributed by atoms with E-state index >= 15 is 0 Å². The van der Waals surface area contributed by atoms with E-state index in [0.717, 1.165) is 22.3 Å². The molecular formula is C16H15N3O2S. The van der Waals surface area contributed by atoms with Gasteiger partial charge in [0.25, 0.3) is 5.91 Å². The van der Waals surface area contributed by atoms with Gasteiger partial charge in [-0.05, 0) is 43.3 Å². The van der Waals surface area contributed by atoms with Crippen molar-refractivity contribution < 1.29 is 9.53 Å². The number of amides is 1. The number of carbonyl (C=O) groups is 1. The van der Waals surface area contributed by atoms with Crippen LogP contribution >= 0.6 is 11.3 Å². The van der Waals surface area contributed by atoms with Gasteiger partial charge < -0.3 is 14.6 Å². The molecule has 6 heteroatoms. The first-order chi connectivity index (χ1) is 10.7. The lowest BCUT2D eigenvalue weighted by molar-refractivity contribution is 0.103. The molecule has 0 saturated carbocycles. The molecule has 0 unspecified atom stereocenters. The molecule has 0 bridgehead atoms. The molecule has 2 heterocycles. The smallest absolute Gasteiger partial charge is 0.267 e. The first kappa shape index (κ1) is 14.3. The van der Waals surface area contributed by atoms with E-state index in [9.17, 15) is 4.79 Å². The van der Waals surface area contributed by atoms with E-state index in [1.165, 1.54) is 11.3 Å². The van der Waals surface area contributed by atoms with E-state index in [4.69, 9.17) is 4.74 Å². The second-order valence-electron chi connectivity index (χ2n) is 4.68. The van der Waals surface area contributed by atoms with Crippen LogP contribution in [0.5, 0.6) is 5.75 Å². The zero-order valence-corrected chi connectivity index (χ0v) is 13.1. The van der Waals surface area contributed by atoms with Crippen LogP contribution in [0.3, 0.4) is 0 Å².